The van der Waals surface area contributed by atoms with Crippen molar-refractivity contribution in [1.29, 1.82) is 0 Å². The van der Waals surface area contributed by atoms with Crippen molar-refractivity contribution in [3.63, 3.8) is 0 Å². The molecule has 2 rings (SSSR count). The second kappa shape index (κ2) is 7.02. The second-order valence-corrected chi connectivity index (χ2v) is 12.2. The zero-order valence-corrected chi connectivity index (χ0v) is 17.1. The van der Waals surface area contributed by atoms with Crippen LogP contribution in [0.1, 0.15) is 67.2 Å². The quantitative estimate of drug-likeness (QED) is 0.561. The Balaban J connectivity index is 2.50. The van der Waals surface area contributed by atoms with E-state index < -0.39 is 8.40 Å². The van der Waals surface area contributed by atoms with Crippen molar-refractivity contribution in [1.82, 2.24) is 9.13 Å². The summed E-state index contributed by atoms with van der Waals surface area (Å²) in [6.07, 6.45) is 5.21. The summed E-state index contributed by atoms with van der Waals surface area (Å²) in [5.74, 6) is 7.16. The van der Waals surface area contributed by atoms with Gasteiger partial charge >= 0.3 is 8.40 Å². The highest BCUT2D eigenvalue weighted by Gasteiger charge is 2.46. The summed E-state index contributed by atoms with van der Waals surface area (Å²) >= 11 is 0. The summed E-state index contributed by atoms with van der Waals surface area (Å²) in [4.78, 5) is 0. The molecule has 0 saturated carbocycles. The van der Waals surface area contributed by atoms with E-state index in [4.69, 9.17) is 0 Å². The van der Waals surface area contributed by atoms with Gasteiger partial charge in [0.25, 0.3) is 0 Å². The van der Waals surface area contributed by atoms with Crippen molar-refractivity contribution < 1.29 is 0 Å². The number of hydrogen-bond donors (Lipinski definition) is 0. The Kier molecular flexibility index (Phi) is 5.67. The Morgan fingerprint density at radius 3 is 1.17 bits per heavy atom. The lowest BCUT2D eigenvalue weighted by Gasteiger charge is -2.38. The standard InChI is InChI=1S/C20H34N2Si/c1-19(2,3)11-17-23(18-12-20(4,5)6,21-13-7-8-14-21)22-15-9-10-16-22/h7-10,13-16H2,1-6H3. The van der Waals surface area contributed by atoms with Gasteiger partial charge in [-0.1, -0.05) is 11.1 Å². The summed E-state index contributed by atoms with van der Waals surface area (Å²) in [5, 5.41) is 0. The molecule has 0 aliphatic carbocycles. The monoisotopic (exact) mass is 330 g/mol. The smallest absolute Gasteiger partial charge is 0.292 e. The molecule has 2 aliphatic rings. The molecule has 0 spiro atoms. The maximum absolute atomic E-state index is 3.80. The van der Waals surface area contributed by atoms with Crippen LogP contribution < -0.4 is 0 Å². The predicted octanol–water partition coefficient (Wildman–Crippen LogP) is 3.80. The lowest BCUT2D eigenvalue weighted by Crippen LogP contribution is -2.63. The first kappa shape index (κ1) is 18.6. The van der Waals surface area contributed by atoms with E-state index in [1.165, 1.54) is 51.9 Å². The molecule has 2 nitrogen and oxygen atoms in total. The summed E-state index contributed by atoms with van der Waals surface area (Å²) in [6, 6.07) is 0. The topological polar surface area (TPSA) is 6.48 Å². The van der Waals surface area contributed by atoms with E-state index in [1.807, 2.05) is 0 Å². The number of nitrogens with zero attached hydrogens (tertiary/aromatic N) is 2. The van der Waals surface area contributed by atoms with Crippen LogP contribution in [-0.4, -0.2) is 43.7 Å². The molecule has 0 bridgehead atoms. The van der Waals surface area contributed by atoms with Gasteiger partial charge in [0.05, 0.1) is 0 Å². The van der Waals surface area contributed by atoms with Crippen molar-refractivity contribution >= 4 is 8.40 Å². The fourth-order valence-electron chi connectivity index (χ4n) is 3.18. The van der Waals surface area contributed by atoms with E-state index in [0.717, 1.165) is 0 Å². The highest BCUT2D eigenvalue weighted by molar-refractivity contribution is 6.89. The maximum Gasteiger partial charge on any atom is 0.371 e. The molecule has 0 aromatic rings. The zero-order chi connectivity index (χ0) is 17.1. The summed E-state index contributed by atoms with van der Waals surface area (Å²) in [5.41, 5.74) is 7.68. The minimum Gasteiger partial charge on any atom is -0.292 e. The van der Waals surface area contributed by atoms with Gasteiger partial charge in [0.15, 0.2) is 0 Å². The van der Waals surface area contributed by atoms with Gasteiger partial charge in [-0.25, -0.2) is 0 Å². The van der Waals surface area contributed by atoms with Gasteiger partial charge in [0.1, 0.15) is 0 Å². The van der Waals surface area contributed by atoms with Crippen molar-refractivity contribution in [2.24, 2.45) is 10.8 Å². The third-order valence-corrected chi connectivity index (χ3v) is 8.02. The normalized spacial score (nSPS) is 20.8. The Hall–Kier alpha value is -0.743. The summed E-state index contributed by atoms with van der Waals surface area (Å²) in [7, 11) is -2.20. The van der Waals surface area contributed by atoms with E-state index in [0.29, 0.717) is 0 Å². The Morgan fingerprint density at radius 2 is 0.913 bits per heavy atom. The van der Waals surface area contributed by atoms with E-state index in [-0.39, 0.29) is 10.8 Å². The minimum absolute atomic E-state index is 0.0428. The second-order valence-electron chi connectivity index (χ2n) is 9.06. The van der Waals surface area contributed by atoms with Crippen molar-refractivity contribution in [2.75, 3.05) is 26.2 Å². The molecule has 2 heterocycles. The lowest BCUT2D eigenvalue weighted by molar-refractivity contribution is 0.421. The first-order valence-electron chi connectivity index (χ1n) is 9.21. The van der Waals surface area contributed by atoms with Crippen LogP contribution in [0.5, 0.6) is 0 Å². The fourth-order valence-corrected chi connectivity index (χ4v) is 7.30. The molecule has 0 unspecified atom stereocenters. The Labute approximate surface area is 145 Å². The molecule has 3 heteroatoms. The SMILES string of the molecule is CC(C)(C)C#C[Si](C#CC(C)(C)C)(N1CCCC1)N1CCCC1. The maximum atomic E-state index is 3.80. The molecular weight excluding hydrogens is 296 g/mol. The van der Waals surface area contributed by atoms with Gasteiger partial charge < -0.3 is 0 Å². The van der Waals surface area contributed by atoms with E-state index >= 15 is 0 Å². The molecule has 128 valence electrons. The Morgan fingerprint density at radius 1 is 0.609 bits per heavy atom. The molecule has 0 radical (unpaired) electrons. The third-order valence-electron chi connectivity index (χ3n) is 4.35. The van der Waals surface area contributed by atoms with Gasteiger partial charge in [-0.2, -0.15) is 0 Å². The van der Waals surface area contributed by atoms with Crippen LogP contribution in [0.3, 0.4) is 0 Å². The fraction of sp³-hybridized carbons (Fsp3) is 0.800. The van der Waals surface area contributed by atoms with Crippen molar-refractivity contribution in [3.8, 4) is 22.9 Å². The first-order valence-corrected chi connectivity index (χ1v) is 11.1. The molecule has 2 fully saturated rings. The average molecular weight is 331 g/mol. The summed E-state index contributed by atoms with van der Waals surface area (Å²) in [6.45, 7) is 18.0. The minimum atomic E-state index is -2.20. The van der Waals surface area contributed by atoms with Crippen LogP contribution in [0, 0.1) is 33.8 Å². The third kappa shape index (κ3) is 5.11. The van der Waals surface area contributed by atoms with Crippen molar-refractivity contribution in [3.05, 3.63) is 0 Å². The van der Waals surface area contributed by atoms with Crippen molar-refractivity contribution in [2.45, 2.75) is 67.2 Å². The van der Waals surface area contributed by atoms with Gasteiger partial charge in [-0.15, -0.1) is 11.8 Å². The molecular formula is C20H34N2Si. The van der Waals surface area contributed by atoms with Gasteiger partial charge in [0, 0.05) is 10.8 Å². The van der Waals surface area contributed by atoms with Gasteiger partial charge in [-0.3, -0.25) is 9.13 Å². The van der Waals surface area contributed by atoms with Crippen LogP contribution >= 0.6 is 0 Å². The average Bonchev–Trinajstić information content (AvgIpc) is 3.10. The van der Waals surface area contributed by atoms with Crippen LogP contribution in [-0.2, 0) is 0 Å². The zero-order valence-electron chi connectivity index (χ0n) is 16.1. The van der Waals surface area contributed by atoms with E-state index in [9.17, 15) is 0 Å². The van der Waals surface area contributed by atoms with Crippen LogP contribution in [0.4, 0.5) is 0 Å². The number of rotatable bonds is 2. The van der Waals surface area contributed by atoms with Crippen LogP contribution in [0.15, 0.2) is 0 Å². The summed E-state index contributed by atoms with van der Waals surface area (Å²) < 4.78 is 5.35. The largest absolute Gasteiger partial charge is 0.371 e. The first-order chi connectivity index (χ1) is 10.6. The predicted molar refractivity (Wildman–Crippen MR) is 102 cm³/mol. The van der Waals surface area contributed by atoms with Gasteiger partial charge in [-0.05, 0) is 93.4 Å². The molecule has 0 N–H and O–H groups in total. The van der Waals surface area contributed by atoms with E-state index in [2.05, 4.69) is 73.6 Å². The number of hydrogen-bond acceptors (Lipinski definition) is 2. The highest BCUT2D eigenvalue weighted by Crippen LogP contribution is 2.26. The molecule has 2 aliphatic heterocycles. The molecule has 0 amide bonds. The van der Waals surface area contributed by atoms with E-state index in [1.54, 1.807) is 0 Å². The van der Waals surface area contributed by atoms with Gasteiger partial charge in [0.2, 0.25) is 0 Å². The molecule has 23 heavy (non-hydrogen) atoms. The molecule has 0 atom stereocenters. The lowest BCUT2D eigenvalue weighted by atomic mass is 9.99. The highest BCUT2D eigenvalue weighted by atomic mass is 28.3. The van der Waals surface area contributed by atoms with Crippen LogP contribution in [0.25, 0.3) is 0 Å². The molecule has 0 aromatic carbocycles. The Bertz CT molecular complexity index is 468. The van der Waals surface area contributed by atoms with Crippen LogP contribution in [0.2, 0.25) is 0 Å². The molecule has 0 aromatic heterocycles. The molecule has 2 saturated heterocycles.